The Bertz CT molecular complexity index is 269. The fraction of sp³-hybridized carbons (Fsp3) is 0.300. The topological polar surface area (TPSA) is 49.3 Å². The van der Waals surface area contributed by atoms with E-state index in [0.717, 1.165) is 11.1 Å². The van der Waals surface area contributed by atoms with Gasteiger partial charge in [-0.05, 0) is 12.5 Å². The van der Waals surface area contributed by atoms with Gasteiger partial charge in [-0.25, -0.2) is 0 Å². The first-order chi connectivity index (χ1) is 6.27. The van der Waals surface area contributed by atoms with E-state index in [4.69, 9.17) is 5.11 Å². The van der Waals surface area contributed by atoms with Crippen LogP contribution in [0.2, 0.25) is 0 Å². The van der Waals surface area contributed by atoms with Gasteiger partial charge in [0.1, 0.15) is 0 Å². The number of benzene rings is 1. The largest absolute Gasteiger partial charge is 0.394 e. The number of carbonyl (C=O) groups excluding carboxylic acids is 1. The minimum Gasteiger partial charge on any atom is -0.394 e. The van der Waals surface area contributed by atoms with Gasteiger partial charge in [0.2, 0.25) is 6.41 Å². The molecule has 70 valence electrons. The van der Waals surface area contributed by atoms with E-state index in [1.807, 2.05) is 31.2 Å². The van der Waals surface area contributed by atoms with Gasteiger partial charge in [-0.3, -0.25) is 4.79 Å². The molecule has 1 rings (SSSR count). The molecule has 1 amide bonds. The molecular weight excluding hydrogens is 166 g/mol. The third kappa shape index (κ3) is 2.56. The van der Waals surface area contributed by atoms with Crippen molar-refractivity contribution in [1.29, 1.82) is 0 Å². The summed E-state index contributed by atoms with van der Waals surface area (Å²) in [7, 11) is 0. The number of hydrogen-bond donors (Lipinski definition) is 2. The van der Waals surface area contributed by atoms with Crippen LogP contribution in [0.4, 0.5) is 0 Å². The highest BCUT2D eigenvalue weighted by Crippen LogP contribution is 2.12. The molecule has 1 aromatic rings. The fourth-order valence-electron chi connectivity index (χ4n) is 1.14. The van der Waals surface area contributed by atoms with Crippen molar-refractivity contribution in [1.82, 2.24) is 5.32 Å². The standard InChI is InChI=1S/C10H13NO2/c1-8-2-4-9(5-3-8)10(6-12)11-7-13/h2-5,7,10,12H,6H2,1H3,(H,11,13). The van der Waals surface area contributed by atoms with Crippen molar-refractivity contribution < 1.29 is 9.90 Å². The molecule has 3 heteroatoms. The van der Waals surface area contributed by atoms with E-state index in [2.05, 4.69) is 5.32 Å². The number of hydrogen-bond acceptors (Lipinski definition) is 2. The molecular formula is C10H13NO2. The zero-order valence-corrected chi connectivity index (χ0v) is 7.53. The molecule has 3 nitrogen and oxygen atoms in total. The van der Waals surface area contributed by atoms with Gasteiger partial charge in [-0.1, -0.05) is 29.8 Å². The first-order valence-corrected chi connectivity index (χ1v) is 4.15. The van der Waals surface area contributed by atoms with Gasteiger partial charge >= 0.3 is 0 Å². The molecule has 0 bridgehead atoms. The Morgan fingerprint density at radius 3 is 2.54 bits per heavy atom. The van der Waals surface area contributed by atoms with Gasteiger partial charge in [-0.15, -0.1) is 0 Å². The molecule has 1 aromatic carbocycles. The minimum absolute atomic E-state index is 0.0815. The van der Waals surface area contributed by atoms with Crippen molar-refractivity contribution in [3.05, 3.63) is 35.4 Å². The van der Waals surface area contributed by atoms with Crippen molar-refractivity contribution >= 4 is 6.41 Å². The van der Waals surface area contributed by atoms with Crippen LogP contribution in [0.5, 0.6) is 0 Å². The maximum absolute atomic E-state index is 10.2. The SMILES string of the molecule is Cc1ccc(C(CO)NC=O)cc1. The van der Waals surface area contributed by atoms with Gasteiger partial charge in [0.15, 0.2) is 0 Å². The number of carbonyl (C=O) groups is 1. The maximum atomic E-state index is 10.2. The summed E-state index contributed by atoms with van der Waals surface area (Å²) in [5.41, 5.74) is 2.08. The predicted molar refractivity (Wildman–Crippen MR) is 50.2 cm³/mol. The van der Waals surface area contributed by atoms with Gasteiger partial charge in [0.05, 0.1) is 12.6 Å². The fourth-order valence-corrected chi connectivity index (χ4v) is 1.14. The van der Waals surface area contributed by atoms with Crippen LogP contribution in [-0.4, -0.2) is 18.1 Å². The van der Waals surface area contributed by atoms with Crippen LogP contribution in [0.25, 0.3) is 0 Å². The second-order valence-electron chi connectivity index (χ2n) is 2.93. The summed E-state index contributed by atoms with van der Waals surface area (Å²) >= 11 is 0. The number of aliphatic hydroxyl groups is 1. The Labute approximate surface area is 77.4 Å². The highest BCUT2D eigenvalue weighted by atomic mass is 16.3. The number of nitrogens with one attached hydrogen (secondary N) is 1. The van der Waals surface area contributed by atoms with Crippen molar-refractivity contribution in [2.75, 3.05) is 6.61 Å². The summed E-state index contributed by atoms with van der Waals surface area (Å²) in [6.07, 6.45) is 0.598. The van der Waals surface area contributed by atoms with Gasteiger partial charge in [-0.2, -0.15) is 0 Å². The number of aryl methyl sites for hydroxylation is 1. The zero-order valence-electron chi connectivity index (χ0n) is 7.53. The van der Waals surface area contributed by atoms with Crippen molar-refractivity contribution in [3.8, 4) is 0 Å². The van der Waals surface area contributed by atoms with Crippen LogP contribution in [0.15, 0.2) is 24.3 Å². The Kier molecular flexibility index (Phi) is 3.46. The lowest BCUT2D eigenvalue weighted by atomic mass is 10.1. The highest BCUT2D eigenvalue weighted by molar-refractivity contribution is 5.47. The number of rotatable bonds is 4. The normalized spacial score (nSPS) is 12.2. The monoisotopic (exact) mass is 179 g/mol. The molecule has 2 N–H and O–H groups in total. The number of amides is 1. The van der Waals surface area contributed by atoms with Crippen LogP contribution in [0.3, 0.4) is 0 Å². The van der Waals surface area contributed by atoms with Crippen LogP contribution < -0.4 is 5.32 Å². The lowest BCUT2D eigenvalue weighted by molar-refractivity contribution is -0.110. The van der Waals surface area contributed by atoms with Crippen LogP contribution in [0.1, 0.15) is 17.2 Å². The van der Waals surface area contributed by atoms with Gasteiger partial charge in [0, 0.05) is 0 Å². The quantitative estimate of drug-likeness (QED) is 0.671. The second-order valence-corrected chi connectivity index (χ2v) is 2.93. The molecule has 0 aliphatic rings. The van der Waals surface area contributed by atoms with E-state index in [0.29, 0.717) is 6.41 Å². The smallest absolute Gasteiger partial charge is 0.207 e. The summed E-state index contributed by atoms with van der Waals surface area (Å²) in [4.78, 5) is 10.2. The maximum Gasteiger partial charge on any atom is 0.207 e. The first kappa shape index (κ1) is 9.74. The minimum atomic E-state index is -0.293. The summed E-state index contributed by atoms with van der Waals surface area (Å²) in [5.74, 6) is 0. The van der Waals surface area contributed by atoms with E-state index in [1.165, 1.54) is 0 Å². The highest BCUT2D eigenvalue weighted by Gasteiger charge is 2.07. The van der Waals surface area contributed by atoms with E-state index >= 15 is 0 Å². The molecule has 0 spiro atoms. The molecule has 0 heterocycles. The molecule has 1 unspecified atom stereocenters. The molecule has 0 aliphatic carbocycles. The molecule has 13 heavy (non-hydrogen) atoms. The van der Waals surface area contributed by atoms with Crippen LogP contribution >= 0.6 is 0 Å². The Morgan fingerprint density at radius 1 is 1.46 bits per heavy atom. The summed E-state index contributed by atoms with van der Waals surface area (Å²) in [6.45, 7) is 1.91. The molecule has 0 saturated heterocycles. The Hall–Kier alpha value is -1.35. The zero-order chi connectivity index (χ0) is 9.68. The molecule has 0 aliphatic heterocycles. The summed E-state index contributed by atoms with van der Waals surface area (Å²) in [6, 6.07) is 7.40. The van der Waals surface area contributed by atoms with Gasteiger partial charge in [0.25, 0.3) is 0 Å². The van der Waals surface area contributed by atoms with Gasteiger partial charge < -0.3 is 10.4 Å². The van der Waals surface area contributed by atoms with E-state index in [1.54, 1.807) is 0 Å². The average molecular weight is 179 g/mol. The lowest BCUT2D eigenvalue weighted by Gasteiger charge is -2.13. The Balaban J connectivity index is 2.78. The second kappa shape index (κ2) is 4.62. The molecule has 0 aromatic heterocycles. The van der Waals surface area contributed by atoms with Crippen LogP contribution in [-0.2, 0) is 4.79 Å². The third-order valence-electron chi connectivity index (χ3n) is 1.93. The summed E-state index contributed by atoms with van der Waals surface area (Å²) in [5, 5.41) is 11.5. The third-order valence-corrected chi connectivity index (χ3v) is 1.93. The van der Waals surface area contributed by atoms with Crippen molar-refractivity contribution in [2.24, 2.45) is 0 Å². The molecule has 0 radical (unpaired) electrons. The molecule has 0 fully saturated rings. The van der Waals surface area contributed by atoms with Crippen LogP contribution in [0, 0.1) is 6.92 Å². The lowest BCUT2D eigenvalue weighted by Crippen LogP contribution is -2.22. The van der Waals surface area contributed by atoms with Crippen molar-refractivity contribution in [2.45, 2.75) is 13.0 Å². The average Bonchev–Trinajstić information content (AvgIpc) is 2.16. The first-order valence-electron chi connectivity index (χ1n) is 4.15. The van der Waals surface area contributed by atoms with E-state index in [9.17, 15) is 4.79 Å². The molecule has 1 atom stereocenters. The Morgan fingerprint density at radius 2 is 2.08 bits per heavy atom. The predicted octanol–water partition coefficient (Wildman–Crippen LogP) is 0.774. The number of aliphatic hydroxyl groups excluding tert-OH is 1. The molecule has 0 saturated carbocycles. The van der Waals surface area contributed by atoms with E-state index < -0.39 is 0 Å². The van der Waals surface area contributed by atoms with Crippen molar-refractivity contribution in [3.63, 3.8) is 0 Å². The summed E-state index contributed by atoms with van der Waals surface area (Å²) < 4.78 is 0. The van der Waals surface area contributed by atoms with E-state index in [-0.39, 0.29) is 12.6 Å².